The Hall–Kier alpha value is -3.00. The fourth-order valence-electron chi connectivity index (χ4n) is 5.41. The molecule has 1 amide bonds. The molecule has 0 aliphatic carbocycles. The summed E-state index contributed by atoms with van der Waals surface area (Å²) in [5.41, 5.74) is 3.42. The Kier molecular flexibility index (Phi) is 6.21. The Balaban J connectivity index is 1.47. The first-order valence-electron chi connectivity index (χ1n) is 12.3. The molecule has 6 rings (SSSR count). The van der Waals surface area contributed by atoms with E-state index in [-0.39, 0.29) is 25.0 Å². The van der Waals surface area contributed by atoms with Crippen molar-refractivity contribution in [3.8, 4) is 17.0 Å². The molecule has 2 aliphatic heterocycles. The van der Waals surface area contributed by atoms with Crippen LogP contribution in [0, 0.1) is 6.92 Å². The van der Waals surface area contributed by atoms with Gasteiger partial charge in [-0.1, -0.05) is 53.0 Å². The molecule has 6 nitrogen and oxygen atoms in total. The summed E-state index contributed by atoms with van der Waals surface area (Å²) in [6.45, 7) is 4.31. The van der Waals surface area contributed by atoms with E-state index >= 15 is 0 Å². The van der Waals surface area contributed by atoms with E-state index < -0.39 is 5.67 Å². The monoisotopic (exact) mass is 572 g/mol. The lowest BCUT2D eigenvalue weighted by molar-refractivity contribution is 0.0922. The second kappa shape index (κ2) is 9.33. The van der Waals surface area contributed by atoms with Gasteiger partial charge in [0.05, 0.1) is 64.4 Å². The molecule has 4 aromatic rings. The van der Waals surface area contributed by atoms with Crippen molar-refractivity contribution in [3.05, 3.63) is 80.4 Å². The molecule has 2 aromatic carbocycles. The second-order valence-corrected chi connectivity index (χ2v) is 11.3. The molecule has 10 heteroatoms. The first-order valence-corrected chi connectivity index (χ1v) is 13.4. The highest BCUT2D eigenvalue weighted by Gasteiger charge is 2.42. The molecule has 196 valence electrons. The van der Waals surface area contributed by atoms with Gasteiger partial charge in [0, 0.05) is 22.6 Å². The van der Waals surface area contributed by atoms with E-state index in [2.05, 4.69) is 10.4 Å². The summed E-state index contributed by atoms with van der Waals surface area (Å²) in [6, 6.07) is 12.7. The minimum Gasteiger partial charge on any atom is -0.493 e. The first kappa shape index (κ1) is 25.3. The number of halogens is 4. The number of hydrogen-bond donors (Lipinski definition) is 1. The summed E-state index contributed by atoms with van der Waals surface area (Å²) in [7, 11) is 0. The third-order valence-corrected chi connectivity index (χ3v) is 8.10. The van der Waals surface area contributed by atoms with Crippen LogP contribution in [0.25, 0.3) is 16.8 Å². The Morgan fingerprint density at radius 2 is 1.95 bits per heavy atom. The molecule has 0 unspecified atom stereocenters. The second-order valence-electron chi connectivity index (χ2n) is 10.1. The molecule has 1 saturated heterocycles. The molecule has 4 heterocycles. The Bertz CT molecular complexity index is 1600. The number of nitrogens with one attached hydrogen (secondary N) is 1. The number of alkyl halides is 1. The van der Waals surface area contributed by atoms with Gasteiger partial charge in [-0.25, -0.2) is 8.91 Å². The lowest BCUT2D eigenvalue weighted by Crippen LogP contribution is -2.58. The van der Waals surface area contributed by atoms with Crippen molar-refractivity contribution in [2.24, 2.45) is 0 Å². The van der Waals surface area contributed by atoms with Gasteiger partial charge in [-0.15, -0.1) is 0 Å². The summed E-state index contributed by atoms with van der Waals surface area (Å²) in [6.07, 6.45) is 2.17. The molecule has 2 aromatic heterocycles. The number of hydrogen-bond acceptors (Lipinski definition) is 4. The summed E-state index contributed by atoms with van der Waals surface area (Å²) < 4.78 is 22.1. The van der Waals surface area contributed by atoms with Crippen molar-refractivity contribution in [3.63, 3.8) is 0 Å². The molecule has 0 saturated carbocycles. The van der Waals surface area contributed by atoms with Crippen LogP contribution in [0.3, 0.4) is 0 Å². The lowest BCUT2D eigenvalue weighted by atomic mass is 9.96. The van der Waals surface area contributed by atoms with Crippen molar-refractivity contribution in [1.82, 2.24) is 14.9 Å². The lowest BCUT2D eigenvalue weighted by Gasteiger charge is -2.44. The number of anilines is 1. The zero-order valence-electron chi connectivity index (χ0n) is 20.7. The highest BCUT2D eigenvalue weighted by molar-refractivity contribution is 6.45. The molecule has 1 N–H and O–H groups in total. The van der Waals surface area contributed by atoms with Crippen LogP contribution in [0.15, 0.2) is 48.7 Å². The van der Waals surface area contributed by atoms with Crippen LogP contribution < -0.4 is 15.0 Å². The minimum absolute atomic E-state index is 0.163. The third-order valence-electron chi connectivity index (χ3n) is 7.08. The van der Waals surface area contributed by atoms with Crippen LogP contribution in [-0.2, 0) is 0 Å². The van der Waals surface area contributed by atoms with Gasteiger partial charge in [0.2, 0.25) is 0 Å². The van der Waals surface area contributed by atoms with E-state index in [1.165, 1.54) is 6.20 Å². The minimum atomic E-state index is -1.35. The number of carbonyl (C=O) groups excluding carboxylic acids is 1. The molecule has 1 atom stereocenters. The number of rotatable bonds is 4. The maximum Gasteiger partial charge on any atom is 0.255 e. The molecule has 0 radical (unpaired) electrons. The number of fused-ring (bicyclic) bond motifs is 2. The number of ether oxygens (including phenoxy) is 1. The SMILES string of the molecule is Cc1cc2c(N3CC(C)(F)C3)c(C(=O)N[C@H]3CCOc4ccccc43)cnn2c1-c1cc(Cl)cc(Cl)c1Cl. The molecule has 1 fully saturated rings. The molecular formula is C28H24Cl3FN4O2. The van der Waals surface area contributed by atoms with Gasteiger partial charge in [-0.3, -0.25) is 4.79 Å². The molecular weight excluding hydrogens is 550 g/mol. The van der Waals surface area contributed by atoms with Crippen LogP contribution in [0.1, 0.15) is 40.9 Å². The summed E-state index contributed by atoms with van der Waals surface area (Å²) in [5, 5.41) is 8.91. The smallest absolute Gasteiger partial charge is 0.255 e. The number of aromatic nitrogens is 2. The maximum absolute atomic E-state index is 14.7. The van der Waals surface area contributed by atoms with E-state index in [0.29, 0.717) is 56.1 Å². The normalized spacial score (nSPS) is 18.1. The average molecular weight is 574 g/mol. The summed E-state index contributed by atoms with van der Waals surface area (Å²) >= 11 is 19.2. The maximum atomic E-state index is 14.7. The first-order chi connectivity index (χ1) is 18.1. The highest BCUT2D eigenvalue weighted by atomic mass is 35.5. The number of nitrogens with zero attached hydrogens (tertiary/aromatic N) is 3. The van der Waals surface area contributed by atoms with E-state index in [0.717, 1.165) is 16.9 Å². The van der Waals surface area contributed by atoms with Crippen molar-refractivity contribution in [2.45, 2.75) is 32.0 Å². The topological polar surface area (TPSA) is 58.9 Å². The van der Waals surface area contributed by atoms with Crippen LogP contribution in [0.5, 0.6) is 5.75 Å². The number of para-hydroxylation sites is 1. The van der Waals surface area contributed by atoms with Crippen molar-refractivity contribution >= 4 is 51.9 Å². The van der Waals surface area contributed by atoms with Crippen molar-refractivity contribution in [2.75, 3.05) is 24.6 Å². The van der Waals surface area contributed by atoms with Crippen LogP contribution >= 0.6 is 34.8 Å². The summed E-state index contributed by atoms with van der Waals surface area (Å²) in [5.74, 6) is 0.478. The van der Waals surface area contributed by atoms with Crippen LogP contribution in [0.4, 0.5) is 10.1 Å². The standard InChI is InChI=1S/C28H24Cl3FN4O2/c1-15-9-22-26(35-13-28(2,32)14-35)19(27(37)34-21-7-8-38-23-6-4-3-5-17(21)23)12-33-36(22)25(15)18-10-16(29)11-20(30)24(18)31/h3-6,9-12,21H,7-8,13-14H2,1-2H3,(H,34,37)/t21-/m0/s1. The number of amides is 1. The summed E-state index contributed by atoms with van der Waals surface area (Å²) in [4.78, 5) is 15.6. The van der Waals surface area contributed by atoms with Gasteiger partial charge < -0.3 is 15.0 Å². The predicted octanol–water partition coefficient (Wildman–Crippen LogP) is 7.07. The molecule has 0 spiro atoms. The largest absolute Gasteiger partial charge is 0.493 e. The van der Waals surface area contributed by atoms with Crippen LogP contribution in [-0.4, -0.2) is 40.9 Å². The Morgan fingerprint density at radius 1 is 1.18 bits per heavy atom. The van der Waals surface area contributed by atoms with Gasteiger partial charge in [0.25, 0.3) is 5.91 Å². The number of carbonyl (C=O) groups is 1. The predicted molar refractivity (Wildman–Crippen MR) is 149 cm³/mol. The number of aryl methyl sites for hydroxylation is 1. The highest BCUT2D eigenvalue weighted by Crippen LogP contribution is 2.42. The van der Waals surface area contributed by atoms with E-state index in [1.807, 2.05) is 42.2 Å². The van der Waals surface area contributed by atoms with E-state index in [9.17, 15) is 9.18 Å². The molecule has 38 heavy (non-hydrogen) atoms. The van der Waals surface area contributed by atoms with Gasteiger partial charge >= 0.3 is 0 Å². The van der Waals surface area contributed by atoms with E-state index in [4.69, 9.17) is 39.5 Å². The van der Waals surface area contributed by atoms with Crippen molar-refractivity contribution < 1.29 is 13.9 Å². The van der Waals surface area contributed by atoms with Gasteiger partial charge in [0.1, 0.15) is 11.4 Å². The zero-order chi connectivity index (χ0) is 26.8. The van der Waals surface area contributed by atoms with Crippen molar-refractivity contribution in [1.29, 1.82) is 0 Å². The van der Waals surface area contributed by atoms with Gasteiger partial charge in [0.15, 0.2) is 0 Å². The quantitative estimate of drug-likeness (QED) is 0.265. The van der Waals surface area contributed by atoms with E-state index in [1.54, 1.807) is 23.6 Å². The van der Waals surface area contributed by atoms with Gasteiger partial charge in [-0.05, 0) is 43.7 Å². The number of benzene rings is 2. The fourth-order valence-corrected chi connectivity index (χ4v) is 6.11. The molecule has 0 bridgehead atoms. The zero-order valence-corrected chi connectivity index (χ0v) is 23.0. The Labute approximate surface area is 234 Å². The third kappa shape index (κ3) is 4.27. The van der Waals surface area contributed by atoms with Gasteiger partial charge in [-0.2, -0.15) is 5.10 Å². The Morgan fingerprint density at radius 3 is 2.71 bits per heavy atom. The fraction of sp³-hybridized carbons (Fsp3) is 0.286. The average Bonchev–Trinajstić information content (AvgIpc) is 3.20. The molecule has 2 aliphatic rings. The van der Waals surface area contributed by atoms with Crippen LogP contribution in [0.2, 0.25) is 15.1 Å².